The van der Waals surface area contributed by atoms with Gasteiger partial charge in [0, 0.05) is 38.2 Å². The standard InChI is InChI=1S/C20H30N4O3/c21-18(25)7-6-8-19(26)22-10-2-5-14-27-20-15-17(9-11-23-20)16-24-12-3-1-4-13-24/h2,5,9,11,15H,1,3-4,6-8,10,12-14,16H2,(H2,21,25)(H,22,26)/b5-2-. The number of hydrogen-bond donors (Lipinski definition) is 2. The summed E-state index contributed by atoms with van der Waals surface area (Å²) in [5.74, 6) is 0.145. The molecule has 7 nitrogen and oxygen atoms in total. The van der Waals surface area contributed by atoms with Gasteiger partial charge in [0.05, 0.1) is 0 Å². The second-order valence-electron chi connectivity index (χ2n) is 6.75. The second-order valence-corrected chi connectivity index (χ2v) is 6.75. The van der Waals surface area contributed by atoms with E-state index in [-0.39, 0.29) is 18.2 Å². The van der Waals surface area contributed by atoms with Crippen molar-refractivity contribution in [2.24, 2.45) is 5.73 Å². The smallest absolute Gasteiger partial charge is 0.220 e. The van der Waals surface area contributed by atoms with E-state index in [4.69, 9.17) is 10.5 Å². The average Bonchev–Trinajstić information content (AvgIpc) is 2.65. The molecule has 148 valence electrons. The lowest BCUT2D eigenvalue weighted by Gasteiger charge is -2.26. The van der Waals surface area contributed by atoms with E-state index in [0.717, 1.165) is 19.6 Å². The first-order valence-corrected chi connectivity index (χ1v) is 9.63. The molecule has 1 aromatic rings. The minimum Gasteiger partial charge on any atom is -0.473 e. The summed E-state index contributed by atoms with van der Waals surface area (Å²) in [4.78, 5) is 28.9. The van der Waals surface area contributed by atoms with Crippen LogP contribution in [0.4, 0.5) is 0 Å². The van der Waals surface area contributed by atoms with Crippen molar-refractivity contribution in [1.82, 2.24) is 15.2 Å². The number of nitrogens with one attached hydrogen (secondary N) is 1. The zero-order valence-electron chi connectivity index (χ0n) is 15.9. The summed E-state index contributed by atoms with van der Waals surface area (Å²) in [5, 5.41) is 2.76. The van der Waals surface area contributed by atoms with Crippen LogP contribution in [0, 0.1) is 0 Å². The molecule has 1 fully saturated rings. The molecule has 1 aliphatic heterocycles. The average molecular weight is 374 g/mol. The van der Waals surface area contributed by atoms with E-state index in [0.29, 0.717) is 31.9 Å². The van der Waals surface area contributed by atoms with Gasteiger partial charge in [0.25, 0.3) is 0 Å². The molecule has 0 bridgehead atoms. The number of carbonyl (C=O) groups excluding carboxylic acids is 2. The minimum atomic E-state index is -0.381. The van der Waals surface area contributed by atoms with Gasteiger partial charge in [0.2, 0.25) is 17.7 Å². The van der Waals surface area contributed by atoms with E-state index in [2.05, 4.69) is 15.2 Å². The molecular formula is C20H30N4O3. The predicted octanol–water partition coefficient (Wildman–Crippen LogP) is 1.77. The SMILES string of the molecule is NC(=O)CCCC(=O)NC/C=C\COc1cc(CN2CCCCC2)ccn1. The first kappa shape index (κ1) is 20.9. The van der Waals surface area contributed by atoms with Crippen molar-refractivity contribution in [2.45, 2.75) is 45.1 Å². The van der Waals surface area contributed by atoms with Gasteiger partial charge in [-0.3, -0.25) is 14.5 Å². The maximum Gasteiger partial charge on any atom is 0.220 e. The molecule has 2 rings (SSSR count). The van der Waals surface area contributed by atoms with Crippen LogP contribution in [0.1, 0.15) is 44.1 Å². The summed E-state index contributed by atoms with van der Waals surface area (Å²) >= 11 is 0. The number of carbonyl (C=O) groups is 2. The van der Waals surface area contributed by atoms with Crippen LogP contribution in [0.2, 0.25) is 0 Å². The monoisotopic (exact) mass is 374 g/mol. The molecule has 1 aliphatic rings. The van der Waals surface area contributed by atoms with Crippen LogP contribution in [0.25, 0.3) is 0 Å². The number of nitrogens with zero attached hydrogens (tertiary/aromatic N) is 2. The lowest BCUT2D eigenvalue weighted by Crippen LogP contribution is -2.29. The number of amides is 2. The molecule has 0 atom stereocenters. The minimum absolute atomic E-state index is 0.0890. The Hall–Kier alpha value is -2.41. The van der Waals surface area contributed by atoms with Gasteiger partial charge in [-0.1, -0.05) is 12.5 Å². The van der Waals surface area contributed by atoms with Gasteiger partial charge in [-0.2, -0.15) is 0 Å². The van der Waals surface area contributed by atoms with E-state index in [9.17, 15) is 9.59 Å². The number of ether oxygens (including phenoxy) is 1. The van der Waals surface area contributed by atoms with Crippen LogP contribution in [-0.2, 0) is 16.1 Å². The predicted molar refractivity (Wildman–Crippen MR) is 104 cm³/mol. The van der Waals surface area contributed by atoms with E-state index in [1.165, 1.54) is 24.8 Å². The summed E-state index contributed by atoms with van der Waals surface area (Å²) in [6.07, 6.45) is 10.4. The Balaban J connectivity index is 1.61. The van der Waals surface area contributed by atoms with Crippen LogP contribution in [-0.4, -0.2) is 47.9 Å². The molecule has 2 heterocycles. The summed E-state index contributed by atoms with van der Waals surface area (Å²) in [5.41, 5.74) is 6.25. The molecule has 2 amide bonds. The third-order valence-electron chi connectivity index (χ3n) is 4.39. The van der Waals surface area contributed by atoms with Crippen molar-refractivity contribution in [1.29, 1.82) is 0 Å². The van der Waals surface area contributed by atoms with Gasteiger partial charge in [-0.25, -0.2) is 4.98 Å². The highest BCUT2D eigenvalue weighted by Gasteiger charge is 2.10. The Labute approximate surface area is 161 Å². The van der Waals surface area contributed by atoms with Crippen LogP contribution in [0.5, 0.6) is 5.88 Å². The van der Waals surface area contributed by atoms with Crippen LogP contribution in [0.15, 0.2) is 30.5 Å². The third kappa shape index (κ3) is 9.19. The van der Waals surface area contributed by atoms with Gasteiger partial charge >= 0.3 is 0 Å². The fourth-order valence-electron chi connectivity index (χ4n) is 2.97. The van der Waals surface area contributed by atoms with Crippen LogP contribution >= 0.6 is 0 Å². The highest BCUT2D eigenvalue weighted by atomic mass is 16.5. The van der Waals surface area contributed by atoms with Crippen molar-refractivity contribution >= 4 is 11.8 Å². The maximum atomic E-state index is 11.5. The molecule has 0 saturated carbocycles. The molecule has 1 aromatic heterocycles. The Morgan fingerprint density at radius 3 is 2.81 bits per heavy atom. The van der Waals surface area contributed by atoms with E-state index in [1.54, 1.807) is 6.20 Å². The molecule has 0 spiro atoms. The van der Waals surface area contributed by atoms with E-state index < -0.39 is 0 Å². The van der Waals surface area contributed by atoms with E-state index >= 15 is 0 Å². The molecule has 0 unspecified atom stereocenters. The van der Waals surface area contributed by atoms with Crippen molar-refractivity contribution in [2.75, 3.05) is 26.2 Å². The van der Waals surface area contributed by atoms with Crippen molar-refractivity contribution in [3.63, 3.8) is 0 Å². The lowest BCUT2D eigenvalue weighted by molar-refractivity contribution is -0.121. The fraction of sp³-hybridized carbons (Fsp3) is 0.550. The topological polar surface area (TPSA) is 97.5 Å². The normalized spacial score (nSPS) is 15.0. The Morgan fingerprint density at radius 1 is 1.22 bits per heavy atom. The Bertz CT molecular complexity index is 627. The number of primary amides is 1. The number of likely N-dealkylation sites (tertiary alicyclic amines) is 1. The van der Waals surface area contributed by atoms with Gasteiger partial charge in [0.1, 0.15) is 6.61 Å². The van der Waals surface area contributed by atoms with Crippen LogP contribution < -0.4 is 15.8 Å². The Kier molecular flexibility index (Phi) is 9.34. The molecule has 7 heteroatoms. The first-order chi connectivity index (χ1) is 13.1. The van der Waals surface area contributed by atoms with Gasteiger partial charge in [0.15, 0.2) is 0 Å². The number of hydrogen-bond acceptors (Lipinski definition) is 5. The Morgan fingerprint density at radius 2 is 2.04 bits per heavy atom. The van der Waals surface area contributed by atoms with Crippen molar-refractivity contribution in [3.05, 3.63) is 36.0 Å². The number of rotatable bonds is 11. The molecule has 0 radical (unpaired) electrons. The number of pyridine rings is 1. The molecule has 0 aliphatic carbocycles. The number of aromatic nitrogens is 1. The lowest BCUT2D eigenvalue weighted by atomic mass is 10.1. The fourth-order valence-corrected chi connectivity index (χ4v) is 2.97. The maximum absolute atomic E-state index is 11.5. The van der Waals surface area contributed by atoms with Gasteiger partial charge in [-0.05, 0) is 50.1 Å². The molecule has 0 aromatic carbocycles. The van der Waals surface area contributed by atoms with Gasteiger partial charge < -0.3 is 15.8 Å². The van der Waals surface area contributed by atoms with E-state index in [1.807, 2.05) is 24.3 Å². The second kappa shape index (κ2) is 12.1. The van der Waals surface area contributed by atoms with Gasteiger partial charge in [-0.15, -0.1) is 0 Å². The third-order valence-corrected chi connectivity index (χ3v) is 4.39. The van der Waals surface area contributed by atoms with Crippen molar-refractivity contribution in [3.8, 4) is 5.88 Å². The number of nitrogens with two attached hydrogens (primary N) is 1. The number of piperidine rings is 1. The summed E-state index contributed by atoms with van der Waals surface area (Å²) < 4.78 is 5.65. The van der Waals surface area contributed by atoms with Crippen molar-refractivity contribution < 1.29 is 14.3 Å². The zero-order valence-corrected chi connectivity index (χ0v) is 15.9. The molecule has 1 saturated heterocycles. The summed E-state index contributed by atoms with van der Waals surface area (Å²) in [7, 11) is 0. The largest absolute Gasteiger partial charge is 0.473 e. The zero-order chi connectivity index (χ0) is 19.3. The highest BCUT2D eigenvalue weighted by molar-refractivity contribution is 5.78. The molecule has 3 N–H and O–H groups in total. The molecule has 27 heavy (non-hydrogen) atoms. The van der Waals surface area contributed by atoms with Crippen LogP contribution in [0.3, 0.4) is 0 Å². The molecular weight excluding hydrogens is 344 g/mol. The summed E-state index contributed by atoms with van der Waals surface area (Å²) in [6, 6.07) is 4.02. The first-order valence-electron chi connectivity index (χ1n) is 9.63. The highest BCUT2D eigenvalue weighted by Crippen LogP contribution is 2.15. The quantitative estimate of drug-likeness (QED) is 0.575. The summed E-state index contributed by atoms with van der Waals surface area (Å²) in [6.45, 7) is 4.10.